The van der Waals surface area contributed by atoms with Gasteiger partial charge in [0.2, 0.25) is 5.91 Å². The quantitative estimate of drug-likeness (QED) is 0.632. The summed E-state index contributed by atoms with van der Waals surface area (Å²) in [4.78, 5) is 15.1. The van der Waals surface area contributed by atoms with E-state index in [-0.39, 0.29) is 11.9 Å². The van der Waals surface area contributed by atoms with Crippen LogP contribution in [0.2, 0.25) is 0 Å². The zero-order chi connectivity index (χ0) is 21.2. The lowest BCUT2D eigenvalue weighted by atomic mass is 10.0. The number of rotatable bonds is 10. The van der Waals surface area contributed by atoms with Crippen LogP contribution in [0.25, 0.3) is 0 Å². The predicted octanol–water partition coefficient (Wildman–Crippen LogP) is 4.37. The van der Waals surface area contributed by atoms with Crippen molar-refractivity contribution in [2.24, 2.45) is 0 Å². The first kappa shape index (κ1) is 22.2. The summed E-state index contributed by atoms with van der Waals surface area (Å²) in [5.74, 6) is 1.84. The average molecular weight is 411 g/mol. The van der Waals surface area contributed by atoms with Crippen molar-refractivity contribution in [2.45, 2.75) is 45.1 Å². The van der Waals surface area contributed by atoms with Gasteiger partial charge in [-0.1, -0.05) is 36.8 Å². The van der Waals surface area contributed by atoms with Crippen molar-refractivity contribution in [1.29, 1.82) is 0 Å². The van der Waals surface area contributed by atoms with Gasteiger partial charge in [-0.05, 0) is 63.0 Å². The number of para-hydroxylation sites is 1. The number of carbonyl (C=O) groups is 1. The standard InChI is InChI=1S/C25H34N2O3/c1-3-30-21-14-11-20(12-15-21)13-16-25(28)26-19-23(27-17-7-4-8-18-27)22-9-5-6-10-24(22)29-2/h5-6,9-12,14-15,23H,3-4,7-8,13,16-19H2,1-2H3,(H,26,28). The maximum atomic E-state index is 12.6. The molecule has 1 fully saturated rings. The summed E-state index contributed by atoms with van der Waals surface area (Å²) in [6.45, 7) is 5.35. The van der Waals surface area contributed by atoms with Crippen LogP contribution >= 0.6 is 0 Å². The fourth-order valence-corrected chi connectivity index (χ4v) is 4.08. The van der Waals surface area contributed by atoms with E-state index in [4.69, 9.17) is 9.47 Å². The van der Waals surface area contributed by atoms with Crippen LogP contribution in [0, 0.1) is 0 Å². The second-order valence-corrected chi connectivity index (χ2v) is 7.74. The van der Waals surface area contributed by atoms with Gasteiger partial charge in [-0.25, -0.2) is 0 Å². The van der Waals surface area contributed by atoms with Crippen LogP contribution in [0.4, 0.5) is 0 Å². The molecule has 1 atom stereocenters. The van der Waals surface area contributed by atoms with Crippen molar-refractivity contribution in [2.75, 3.05) is 33.4 Å². The molecule has 3 rings (SSSR count). The molecule has 2 aromatic rings. The number of benzene rings is 2. The highest BCUT2D eigenvalue weighted by molar-refractivity contribution is 5.76. The summed E-state index contributed by atoms with van der Waals surface area (Å²) in [7, 11) is 1.71. The van der Waals surface area contributed by atoms with Gasteiger partial charge in [0.25, 0.3) is 0 Å². The Balaban J connectivity index is 1.58. The lowest BCUT2D eigenvalue weighted by Gasteiger charge is -2.35. The van der Waals surface area contributed by atoms with E-state index in [9.17, 15) is 4.79 Å². The molecule has 1 unspecified atom stereocenters. The van der Waals surface area contributed by atoms with Crippen LogP contribution in [0.5, 0.6) is 11.5 Å². The fraction of sp³-hybridized carbons (Fsp3) is 0.480. The third kappa shape index (κ3) is 6.23. The van der Waals surface area contributed by atoms with Gasteiger partial charge in [-0.2, -0.15) is 0 Å². The van der Waals surface area contributed by atoms with Crippen LogP contribution in [0.15, 0.2) is 48.5 Å². The molecular formula is C25H34N2O3. The fourth-order valence-electron chi connectivity index (χ4n) is 4.08. The van der Waals surface area contributed by atoms with Gasteiger partial charge < -0.3 is 14.8 Å². The zero-order valence-electron chi connectivity index (χ0n) is 18.2. The van der Waals surface area contributed by atoms with Crippen molar-refractivity contribution >= 4 is 5.91 Å². The van der Waals surface area contributed by atoms with E-state index in [0.29, 0.717) is 19.6 Å². The number of ether oxygens (including phenoxy) is 2. The van der Waals surface area contributed by atoms with Crippen molar-refractivity contribution in [3.05, 3.63) is 59.7 Å². The Kier molecular flexibility index (Phi) is 8.57. The van der Waals surface area contributed by atoms with Gasteiger partial charge in [0, 0.05) is 18.5 Å². The molecule has 2 aromatic carbocycles. The SMILES string of the molecule is CCOc1ccc(CCC(=O)NCC(c2ccccc2OC)N2CCCCC2)cc1. The largest absolute Gasteiger partial charge is 0.496 e. The monoisotopic (exact) mass is 410 g/mol. The Morgan fingerprint density at radius 1 is 1.07 bits per heavy atom. The molecule has 0 aliphatic carbocycles. The van der Waals surface area contributed by atoms with Gasteiger partial charge in [0.15, 0.2) is 0 Å². The molecule has 1 aliphatic heterocycles. The third-order valence-corrected chi connectivity index (χ3v) is 5.70. The summed E-state index contributed by atoms with van der Waals surface area (Å²) in [5, 5.41) is 3.17. The highest BCUT2D eigenvalue weighted by Gasteiger charge is 2.25. The number of nitrogens with one attached hydrogen (secondary N) is 1. The Hall–Kier alpha value is -2.53. The number of hydrogen-bond acceptors (Lipinski definition) is 4. The van der Waals surface area contributed by atoms with Crippen LogP contribution in [-0.4, -0.2) is 44.2 Å². The number of hydrogen-bond donors (Lipinski definition) is 1. The molecule has 0 spiro atoms. The maximum Gasteiger partial charge on any atom is 0.220 e. The Labute approximate surface area is 180 Å². The third-order valence-electron chi connectivity index (χ3n) is 5.70. The first-order valence-corrected chi connectivity index (χ1v) is 11.1. The van der Waals surface area contributed by atoms with E-state index in [1.165, 1.54) is 19.3 Å². The highest BCUT2D eigenvalue weighted by atomic mass is 16.5. The number of carbonyl (C=O) groups excluding carboxylic acids is 1. The summed E-state index contributed by atoms with van der Waals surface area (Å²) >= 11 is 0. The topological polar surface area (TPSA) is 50.8 Å². The van der Waals surface area contributed by atoms with Crippen molar-refractivity contribution in [1.82, 2.24) is 10.2 Å². The van der Waals surface area contributed by atoms with Crippen LogP contribution in [0.1, 0.15) is 49.8 Å². The number of methoxy groups -OCH3 is 1. The maximum absolute atomic E-state index is 12.6. The van der Waals surface area contributed by atoms with Gasteiger partial charge >= 0.3 is 0 Å². The van der Waals surface area contributed by atoms with E-state index in [2.05, 4.69) is 16.3 Å². The average Bonchev–Trinajstić information content (AvgIpc) is 2.80. The van der Waals surface area contributed by atoms with Crippen molar-refractivity contribution in [3.63, 3.8) is 0 Å². The molecule has 30 heavy (non-hydrogen) atoms. The van der Waals surface area contributed by atoms with E-state index >= 15 is 0 Å². The molecule has 0 bridgehead atoms. The van der Waals surface area contributed by atoms with Crippen LogP contribution in [-0.2, 0) is 11.2 Å². The van der Waals surface area contributed by atoms with E-state index < -0.39 is 0 Å². The summed E-state index contributed by atoms with van der Waals surface area (Å²) < 4.78 is 11.1. The molecular weight excluding hydrogens is 376 g/mol. The Morgan fingerprint density at radius 2 is 1.80 bits per heavy atom. The molecule has 0 aromatic heterocycles. The minimum absolute atomic E-state index is 0.0841. The molecule has 5 heteroatoms. The molecule has 1 aliphatic rings. The smallest absolute Gasteiger partial charge is 0.220 e. The van der Waals surface area contributed by atoms with Gasteiger partial charge in [-0.15, -0.1) is 0 Å². The second kappa shape index (κ2) is 11.6. The highest BCUT2D eigenvalue weighted by Crippen LogP contribution is 2.30. The Morgan fingerprint density at radius 3 is 2.50 bits per heavy atom. The second-order valence-electron chi connectivity index (χ2n) is 7.74. The number of likely N-dealkylation sites (tertiary alicyclic amines) is 1. The first-order valence-electron chi connectivity index (χ1n) is 11.1. The van der Waals surface area contributed by atoms with Gasteiger partial charge in [0.1, 0.15) is 11.5 Å². The molecule has 1 amide bonds. The zero-order valence-corrected chi connectivity index (χ0v) is 18.2. The molecule has 0 saturated carbocycles. The molecule has 162 valence electrons. The van der Waals surface area contributed by atoms with Crippen LogP contribution < -0.4 is 14.8 Å². The summed E-state index contributed by atoms with van der Waals surface area (Å²) in [6.07, 6.45) is 4.90. The molecule has 1 saturated heterocycles. The number of nitrogens with zero attached hydrogens (tertiary/aromatic N) is 1. The van der Waals surface area contributed by atoms with E-state index in [0.717, 1.165) is 42.1 Å². The normalized spacial score (nSPS) is 15.4. The van der Waals surface area contributed by atoms with Gasteiger partial charge in [-0.3, -0.25) is 9.69 Å². The minimum Gasteiger partial charge on any atom is -0.496 e. The first-order chi connectivity index (χ1) is 14.7. The molecule has 0 radical (unpaired) electrons. The Bertz CT molecular complexity index is 785. The van der Waals surface area contributed by atoms with Gasteiger partial charge in [0.05, 0.1) is 19.8 Å². The molecule has 1 heterocycles. The van der Waals surface area contributed by atoms with E-state index in [1.807, 2.05) is 49.4 Å². The number of aryl methyl sites for hydroxylation is 1. The summed E-state index contributed by atoms with van der Waals surface area (Å²) in [5.41, 5.74) is 2.29. The summed E-state index contributed by atoms with van der Waals surface area (Å²) in [6, 6.07) is 16.3. The minimum atomic E-state index is 0.0841. The van der Waals surface area contributed by atoms with E-state index in [1.54, 1.807) is 7.11 Å². The number of piperidine rings is 1. The molecule has 1 N–H and O–H groups in total. The van der Waals surface area contributed by atoms with Crippen molar-refractivity contribution < 1.29 is 14.3 Å². The van der Waals surface area contributed by atoms with Crippen LogP contribution in [0.3, 0.4) is 0 Å². The number of amides is 1. The van der Waals surface area contributed by atoms with Crippen molar-refractivity contribution in [3.8, 4) is 11.5 Å². The lowest BCUT2D eigenvalue weighted by molar-refractivity contribution is -0.121. The predicted molar refractivity (Wildman–Crippen MR) is 120 cm³/mol. The lowest BCUT2D eigenvalue weighted by Crippen LogP contribution is -2.40. The molecule has 5 nitrogen and oxygen atoms in total.